The monoisotopic (exact) mass is 324 g/mol. The van der Waals surface area contributed by atoms with Gasteiger partial charge >= 0.3 is 11.9 Å². The number of hydrogen-bond acceptors (Lipinski definition) is 3. The summed E-state index contributed by atoms with van der Waals surface area (Å²) >= 11 is 12.1. The molecule has 2 rings (SSSR count). The Bertz CT molecular complexity index is 726. The van der Waals surface area contributed by atoms with Crippen LogP contribution in [0, 0.1) is 0 Å². The summed E-state index contributed by atoms with van der Waals surface area (Å²) in [4.78, 5) is 23.0. The summed E-state index contributed by atoms with van der Waals surface area (Å²) in [5, 5.41) is 9.71. The Hall–Kier alpha value is -2.04. The molecule has 4 nitrogen and oxygen atoms in total. The maximum Gasteiger partial charge on any atom is 0.337 e. The quantitative estimate of drug-likeness (QED) is 0.861. The van der Waals surface area contributed by atoms with E-state index in [1.807, 2.05) is 0 Å². The summed E-state index contributed by atoms with van der Waals surface area (Å²) in [7, 11) is 1.26. The lowest BCUT2D eigenvalue weighted by Crippen LogP contribution is -2.04. The van der Waals surface area contributed by atoms with Crippen LogP contribution in [0.1, 0.15) is 20.7 Å². The van der Waals surface area contributed by atoms with Gasteiger partial charge < -0.3 is 9.84 Å². The maximum atomic E-state index is 11.6. The molecule has 108 valence electrons. The number of benzene rings is 2. The topological polar surface area (TPSA) is 63.6 Å². The lowest BCUT2D eigenvalue weighted by Gasteiger charge is -2.11. The number of halogens is 2. The summed E-state index contributed by atoms with van der Waals surface area (Å²) < 4.78 is 4.64. The Morgan fingerprint density at radius 1 is 1.05 bits per heavy atom. The predicted molar refractivity (Wildman–Crippen MR) is 80.2 cm³/mol. The van der Waals surface area contributed by atoms with Crippen LogP contribution in [0.25, 0.3) is 11.1 Å². The van der Waals surface area contributed by atoms with Crippen molar-refractivity contribution in [1.82, 2.24) is 0 Å². The van der Waals surface area contributed by atoms with E-state index in [-0.39, 0.29) is 16.1 Å². The van der Waals surface area contributed by atoms with E-state index in [9.17, 15) is 14.7 Å². The first kappa shape index (κ1) is 15.4. The summed E-state index contributed by atoms with van der Waals surface area (Å²) in [5.41, 5.74) is 0.946. The van der Waals surface area contributed by atoms with Crippen LogP contribution in [0.2, 0.25) is 10.0 Å². The first-order valence-corrected chi connectivity index (χ1v) is 6.61. The highest BCUT2D eigenvalue weighted by atomic mass is 35.5. The highest BCUT2D eigenvalue weighted by Gasteiger charge is 2.19. The van der Waals surface area contributed by atoms with Crippen LogP contribution in [0.4, 0.5) is 0 Å². The summed E-state index contributed by atoms with van der Waals surface area (Å²) in [6, 6.07) is 9.17. The van der Waals surface area contributed by atoms with E-state index in [0.29, 0.717) is 16.1 Å². The van der Waals surface area contributed by atoms with Gasteiger partial charge in [0.2, 0.25) is 0 Å². The number of hydrogen-bond donors (Lipinski definition) is 1. The lowest BCUT2D eigenvalue weighted by molar-refractivity contribution is 0.0600. The molecule has 0 bridgehead atoms. The lowest BCUT2D eigenvalue weighted by atomic mass is 9.98. The molecule has 0 aliphatic rings. The second-order valence-corrected chi connectivity index (χ2v) is 4.97. The van der Waals surface area contributed by atoms with Gasteiger partial charge in [-0.2, -0.15) is 0 Å². The molecule has 0 aromatic heterocycles. The molecule has 6 heteroatoms. The van der Waals surface area contributed by atoms with Crippen LogP contribution in [-0.2, 0) is 4.74 Å². The number of methoxy groups -OCH3 is 1. The first-order valence-electron chi connectivity index (χ1n) is 5.85. The maximum absolute atomic E-state index is 11.6. The Balaban J connectivity index is 2.70. The fraction of sp³-hybridized carbons (Fsp3) is 0.0667. The molecule has 2 aromatic rings. The van der Waals surface area contributed by atoms with E-state index in [2.05, 4.69) is 4.74 Å². The number of carboxylic acids is 1. The van der Waals surface area contributed by atoms with E-state index < -0.39 is 11.9 Å². The van der Waals surface area contributed by atoms with Crippen LogP contribution < -0.4 is 0 Å². The molecule has 0 saturated carbocycles. The van der Waals surface area contributed by atoms with Gasteiger partial charge in [-0.1, -0.05) is 35.3 Å². The normalized spacial score (nSPS) is 10.2. The third-order valence-electron chi connectivity index (χ3n) is 2.91. The van der Waals surface area contributed by atoms with Crippen molar-refractivity contribution in [2.75, 3.05) is 7.11 Å². The Morgan fingerprint density at radius 2 is 1.76 bits per heavy atom. The second-order valence-electron chi connectivity index (χ2n) is 4.15. The van der Waals surface area contributed by atoms with Gasteiger partial charge in [-0.15, -0.1) is 0 Å². The minimum atomic E-state index is -1.17. The Morgan fingerprint density at radius 3 is 2.38 bits per heavy atom. The summed E-state index contributed by atoms with van der Waals surface area (Å²) in [5.74, 6) is -1.71. The van der Waals surface area contributed by atoms with Crippen LogP contribution in [0.3, 0.4) is 0 Å². The van der Waals surface area contributed by atoms with Gasteiger partial charge in [0.1, 0.15) is 0 Å². The van der Waals surface area contributed by atoms with Gasteiger partial charge in [-0.25, -0.2) is 9.59 Å². The van der Waals surface area contributed by atoms with Crippen molar-refractivity contribution in [3.05, 3.63) is 57.6 Å². The number of ether oxygens (including phenoxy) is 1. The molecule has 0 saturated heterocycles. The highest BCUT2D eigenvalue weighted by molar-refractivity contribution is 6.36. The molecule has 0 spiro atoms. The van der Waals surface area contributed by atoms with Crippen molar-refractivity contribution in [2.45, 2.75) is 0 Å². The van der Waals surface area contributed by atoms with E-state index in [0.717, 1.165) is 0 Å². The molecule has 0 amide bonds. The average Bonchev–Trinajstić information content (AvgIpc) is 2.46. The summed E-state index contributed by atoms with van der Waals surface area (Å²) in [6.45, 7) is 0. The molecule has 0 aliphatic carbocycles. The summed E-state index contributed by atoms with van der Waals surface area (Å²) in [6.07, 6.45) is 0. The van der Waals surface area contributed by atoms with E-state index in [1.54, 1.807) is 12.1 Å². The predicted octanol–water partition coefficient (Wildman–Crippen LogP) is 4.15. The second kappa shape index (κ2) is 6.16. The third-order valence-corrected chi connectivity index (χ3v) is 3.55. The SMILES string of the molecule is COC(=O)c1ccc(Cl)c(-c2cccc(Cl)c2C(=O)O)c1. The Labute approximate surface area is 130 Å². The number of aromatic carboxylic acids is 1. The molecule has 0 fully saturated rings. The number of carboxylic acid groups (broad SMARTS) is 1. The van der Waals surface area contributed by atoms with Gasteiger partial charge in [-0.05, 0) is 29.8 Å². The van der Waals surface area contributed by atoms with Gasteiger partial charge in [-0.3, -0.25) is 0 Å². The van der Waals surface area contributed by atoms with E-state index in [1.165, 1.54) is 31.4 Å². The van der Waals surface area contributed by atoms with Crippen molar-refractivity contribution in [3.63, 3.8) is 0 Å². The zero-order chi connectivity index (χ0) is 15.6. The van der Waals surface area contributed by atoms with Crippen molar-refractivity contribution in [1.29, 1.82) is 0 Å². The van der Waals surface area contributed by atoms with Crippen molar-refractivity contribution >= 4 is 35.1 Å². The molecule has 1 N–H and O–H groups in total. The fourth-order valence-electron chi connectivity index (χ4n) is 1.94. The van der Waals surface area contributed by atoms with E-state index in [4.69, 9.17) is 23.2 Å². The molecule has 0 unspecified atom stereocenters. The number of carbonyl (C=O) groups is 2. The Kier molecular flexibility index (Phi) is 4.50. The molecule has 21 heavy (non-hydrogen) atoms. The van der Waals surface area contributed by atoms with Crippen LogP contribution in [0.5, 0.6) is 0 Å². The molecule has 0 heterocycles. The largest absolute Gasteiger partial charge is 0.478 e. The number of carbonyl (C=O) groups excluding carboxylic acids is 1. The fourth-order valence-corrected chi connectivity index (χ4v) is 2.42. The van der Waals surface area contributed by atoms with Gasteiger partial charge in [0.15, 0.2) is 0 Å². The first-order chi connectivity index (χ1) is 9.95. The zero-order valence-electron chi connectivity index (χ0n) is 10.9. The van der Waals surface area contributed by atoms with Gasteiger partial charge in [0.05, 0.1) is 23.3 Å². The smallest absolute Gasteiger partial charge is 0.337 e. The van der Waals surface area contributed by atoms with Crippen molar-refractivity contribution in [2.24, 2.45) is 0 Å². The minimum Gasteiger partial charge on any atom is -0.478 e. The number of rotatable bonds is 3. The van der Waals surface area contributed by atoms with Crippen LogP contribution >= 0.6 is 23.2 Å². The van der Waals surface area contributed by atoms with Gasteiger partial charge in [0, 0.05) is 10.6 Å². The third kappa shape index (κ3) is 3.01. The molecule has 0 aliphatic heterocycles. The molecule has 0 atom stereocenters. The minimum absolute atomic E-state index is 0.0666. The average molecular weight is 325 g/mol. The number of esters is 1. The van der Waals surface area contributed by atoms with Crippen molar-refractivity contribution in [3.8, 4) is 11.1 Å². The molecular formula is C15H10Cl2O4. The van der Waals surface area contributed by atoms with Crippen LogP contribution in [-0.4, -0.2) is 24.2 Å². The van der Waals surface area contributed by atoms with E-state index >= 15 is 0 Å². The van der Waals surface area contributed by atoms with Crippen molar-refractivity contribution < 1.29 is 19.4 Å². The zero-order valence-corrected chi connectivity index (χ0v) is 12.4. The highest BCUT2D eigenvalue weighted by Crippen LogP contribution is 2.34. The van der Waals surface area contributed by atoms with Crippen LogP contribution in [0.15, 0.2) is 36.4 Å². The molecular weight excluding hydrogens is 315 g/mol. The van der Waals surface area contributed by atoms with Gasteiger partial charge in [0.25, 0.3) is 0 Å². The molecule has 2 aromatic carbocycles. The standard InChI is InChI=1S/C15H10Cl2O4/c1-21-15(20)8-5-6-11(16)10(7-8)9-3-2-4-12(17)13(9)14(18)19/h2-7H,1H3,(H,18,19). The molecule has 0 radical (unpaired) electrons.